The predicted octanol–water partition coefficient (Wildman–Crippen LogP) is 3.14. The summed E-state index contributed by atoms with van der Waals surface area (Å²) < 4.78 is 0. The van der Waals surface area contributed by atoms with Gasteiger partial charge in [-0.15, -0.1) is 0 Å². The summed E-state index contributed by atoms with van der Waals surface area (Å²) in [5.41, 5.74) is 0.691. The number of hydrogen-bond acceptors (Lipinski definition) is 2. The number of pyridine rings is 1. The normalized spacial score (nSPS) is 10.1. The smallest absolute Gasteiger partial charge is 0.259 e. The Morgan fingerprint density at radius 1 is 1.11 bits per heavy atom. The van der Waals surface area contributed by atoms with E-state index in [-0.39, 0.29) is 5.91 Å². The van der Waals surface area contributed by atoms with Crippen molar-refractivity contribution < 1.29 is 4.79 Å². The van der Waals surface area contributed by atoms with E-state index in [2.05, 4.69) is 4.98 Å². The maximum atomic E-state index is 12.4. The van der Waals surface area contributed by atoms with Crippen molar-refractivity contribution in [3.63, 3.8) is 0 Å². The van der Waals surface area contributed by atoms with Gasteiger partial charge in [0.2, 0.25) is 0 Å². The fourth-order valence-corrected chi connectivity index (χ4v) is 1.79. The van der Waals surface area contributed by atoms with E-state index in [1.807, 2.05) is 55.5 Å². The summed E-state index contributed by atoms with van der Waals surface area (Å²) in [6.45, 7) is 2.72. The highest BCUT2D eigenvalue weighted by molar-refractivity contribution is 6.05. The molecular weight excluding hydrogens is 224 g/mol. The Balaban J connectivity index is 2.29. The molecule has 0 N–H and O–H groups in total. The van der Waals surface area contributed by atoms with Crippen molar-refractivity contribution in [2.24, 2.45) is 0 Å². The molecule has 18 heavy (non-hydrogen) atoms. The van der Waals surface area contributed by atoms with Crippen LogP contribution in [0, 0.1) is 0 Å². The van der Waals surface area contributed by atoms with Gasteiger partial charge < -0.3 is 0 Å². The fraction of sp³-hybridized carbons (Fsp3) is 0.200. The molecule has 0 fully saturated rings. The van der Waals surface area contributed by atoms with Crippen molar-refractivity contribution in [1.29, 1.82) is 0 Å². The van der Waals surface area contributed by atoms with Gasteiger partial charge in [0.1, 0.15) is 5.82 Å². The second-order valence-corrected chi connectivity index (χ2v) is 4.01. The molecule has 0 radical (unpaired) electrons. The summed E-state index contributed by atoms with van der Waals surface area (Å²) in [5, 5.41) is 0. The highest BCUT2D eigenvalue weighted by Crippen LogP contribution is 2.14. The number of benzene rings is 1. The first kappa shape index (κ1) is 12.3. The third-order valence-electron chi connectivity index (χ3n) is 2.64. The van der Waals surface area contributed by atoms with Crippen LogP contribution in [0.2, 0.25) is 0 Å². The van der Waals surface area contributed by atoms with E-state index in [9.17, 15) is 4.79 Å². The summed E-state index contributed by atoms with van der Waals surface area (Å²) in [7, 11) is 0. The summed E-state index contributed by atoms with van der Waals surface area (Å²) in [6.07, 6.45) is 2.60. The number of rotatable bonds is 4. The summed E-state index contributed by atoms with van der Waals surface area (Å²) in [5.74, 6) is 0.698. The van der Waals surface area contributed by atoms with Crippen molar-refractivity contribution in [2.75, 3.05) is 11.4 Å². The molecule has 0 saturated carbocycles. The summed E-state index contributed by atoms with van der Waals surface area (Å²) >= 11 is 0. The number of amides is 1. The van der Waals surface area contributed by atoms with Crippen LogP contribution in [0.3, 0.4) is 0 Å². The average Bonchev–Trinajstić information content (AvgIpc) is 2.46. The number of carbonyl (C=O) groups is 1. The van der Waals surface area contributed by atoms with Gasteiger partial charge >= 0.3 is 0 Å². The molecule has 0 atom stereocenters. The molecule has 0 bridgehead atoms. The minimum absolute atomic E-state index is 0.00356. The molecule has 1 amide bonds. The van der Waals surface area contributed by atoms with Crippen molar-refractivity contribution in [3.05, 3.63) is 60.3 Å². The largest absolute Gasteiger partial charge is 0.293 e. The highest BCUT2D eigenvalue weighted by atomic mass is 16.2. The van der Waals surface area contributed by atoms with Gasteiger partial charge in [0.25, 0.3) is 5.91 Å². The van der Waals surface area contributed by atoms with Crippen LogP contribution in [-0.4, -0.2) is 17.4 Å². The van der Waals surface area contributed by atoms with E-state index < -0.39 is 0 Å². The van der Waals surface area contributed by atoms with Gasteiger partial charge in [-0.25, -0.2) is 4.98 Å². The van der Waals surface area contributed by atoms with E-state index in [0.29, 0.717) is 17.9 Å². The molecular formula is C15H16N2O. The molecule has 1 heterocycles. The first-order chi connectivity index (χ1) is 8.83. The molecule has 3 heteroatoms. The van der Waals surface area contributed by atoms with Gasteiger partial charge in [0.15, 0.2) is 0 Å². The first-order valence-electron chi connectivity index (χ1n) is 6.11. The van der Waals surface area contributed by atoms with E-state index in [1.165, 1.54) is 0 Å². The van der Waals surface area contributed by atoms with Crippen LogP contribution in [0.4, 0.5) is 5.82 Å². The van der Waals surface area contributed by atoms with E-state index >= 15 is 0 Å². The second-order valence-electron chi connectivity index (χ2n) is 4.01. The van der Waals surface area contributed by atoms with Crippen LogP contribution in [-0.2, 0) is 0 Å². The Labute approximate surface area is 107 Å². The van der Waals surface area contributed by atoms with Gasteiger partial charge in [-0.1, -0.05) is 31.2 Å². The van der Waals surface area contributed by atoms with Gasteiger partial charge in [0.05, 0.1) is 0 Å². The Bertz CT molecular complexity index is 496. The minimum atomic E-state index is -0.00356. The monoisotopic (exact) mass is 240 g/mol. The number of hydrogen-bond donors (Lipinski definition) is 0. The standard InChI is InChI=1S/C15H16N2O/c1-2-12-17(14-10-6-7-11-16-14)15(18)13-8-4-3-5-9-13/h3-11H,2,12H2,1H3. The maximum absolute atomic E-state index is 12.4. The van der Waals surface area contributed by atoms with Crippen LogP contribution in [0.25, 0.3) is 0 Å². The molecule has 92 valence electrons. The van der Waals surface area contributed by atoms with E-state index in [4.69, 9.17) is 0 Å². The highest BCUT2D eigenvalue weighted by Gasteiger charge is 2.17. The van der Waals surface area contributed by atoms with Crippen LogP contribution >= 0.6 is 0 Å². The lowest BCUT2D eigenvalue weighted by molar-refractivity contribution is 0.0986. The van der Waals surface area contributed by atoms with Gasteiger partial charge in [-0.05, 0) is 30.7 Å². The van der Waals surface area contributed by atoms with Gasteiger partial charge in [-0.3, -0.25) is 9.69 Å². The van der Waals surface area contributed by atoms with Crippen LogP contribution in [0.5, 0.6) is 0 Å². The predicted molar refractivity (Wildman–Crippen MR) is 72.6 cm³/mol. The molecule has 0 saturated heterocycles. The molecule has 0 aliphatic heterocycles. The topological polar surface area (TPSA) is 33.2 Å². The number of carbonyl (C=O) groups excluding carboxylic acids is 1. The molecule has 2 rings (SSSR count). The third kappa shape index (κ3) is 2.74. The Hall–Kier alpha value is -2.16. The zero-order valence-corrected chi connectivity index (χ0v) is 10.4. The second kappa shape index (κ2) is 5.96. The van der Waals surface area contributed by atoms with Crippen LogP contribution in [0.1, 0.15) is 23.7 Å². The lowest BCUT2D eigenvalue weighted by Crippen LogP contribution is -2.32. The zero-order chi connectivity index (χ0) is 12.8. The third-order valence-corrected chi connectivity index (χ3v) is 2.64. The molecule has 3 nitrogen and oxygen atoms in total. The van der Waals surface area contributed by atoms with Gasteiger partial charge in [-0.2, -0.15) is 0 Å². The number of nitrogens with zero attached hydrogens (tertiary/aromatic N) is 2. The summed E-state index contributed by atoms with van der Waals surface area (Å²) in [6, 6.07) is 14.9. The molecule has 1 aromatic heterocycles. The fourth-order valence-electron chi connectivity index (χ4n) is 1.79. The molecule has 1 aromatic carbocycles. The van der Waals surface area contributed by atoms with E-state index in [1.54, 1.807) is 11.1 Å². The molecule has 0 unspecified atom stereocenters. The Kier molecular flexibility index (Phi) is 4.07. The van der Waals surface area contributed by atoms with Crippen LogP contribution < -0.4 is 4.90 Å². The lowest BCUT2D eigenvalue weighted by Gasteiger charge is -2.21. The minimum Gasteiger partial charge on any atom is -0.293 e. The molecule has 0 aliphatic rings. The Morgan fingerprint density at radius 2 is 1.83 bits per heavy atom. The maximum Gasteiger partial charge on any atom is 0.259 e. The quantitative estimate of drug-likeness (QED) is 0.822. The van der Waals surface area contributed by atoms with Crippen molar-refractivity contribution in [1.82, 2.24) is 4.98 Å². The molecule has 2 aromatic rings. The molecule has 0 spiro atoms. The van der Waals surface area contributed by atoms with Crippen molar-refractivity contribution in [3.8, 4) is 0 Å². The van der Waals surface area contributed by atoms with Gasteiger partial charge in [0, 0.05) is 18.3 Å². The van der Waals surface area contributed by atoms with Crippen molar-refractivity contribution >= 4 is 11.7 Å². The Morgan fingerprint density at radius 3 is 2.44 bits per heavy atom. The first-order valence-corrected chi connectivity index (χ1v) is 6.11. The lowest BCUT2D eigenvalue weighted by atomic mass is 10.2. The molecule has 0 aliphatic carbocycles. The zero-order valence-electron chi connectivity index (χ0n) is 10.4. The van der Waals surface area contributed by atoms with Crippen LogP contribution in [0.15, 0.2) is 54.7 Å². The number of aromatic nitrogens is 1. The number of anilines is 1. The van der Waals surface area contributed by atoms with E-state index in [0.717, 1.165) is 6.42 Å². The van der Waals surface area contributed by atoms with Crippen molar-refractivity contribution in [2.45, 2.75) is 13.3 Å². The average molecular weight is 240 g/mol. The summed E-state index contributed by atoms with van der Waals surface area (Å²) in [4.78, 5) is 18.4. The SMILES string of the molecule is CCCN(C(=O)c1ccccc1)c1ccccn1.